The molecule has 0 aliphatic carbocycles. The third-order valence-electron chi connectivity index (χ3n) is 2.88. The van der Waals surface area contributed by atoms with E-state index in [-0.39, 0.29) is 18.0 Å². The van der Waals surface area contributed by atoms with Crippen molar-refractivity contribution in [2.24, 2.45) is 7.05 Å². The lowest BCUT2D eigenvalue weighted by atomic mass is 10.2. The average molecular weight is 241 g/mol. The van der Waals surface area contributed by atoms with Gasteiger partial charge in [0.25, 0.3) is 0 Å². The van der Waals surface area contributed by atoms with Crippen LogP contribution in [0.15, 0.2) is 30.6 Å². The van der Waals surface area contributed by atoms with Crippen molar-refractivity contribution in [3.05, 3.63) is 42.2 Å². The predicted molar refractivity (Wildman–Crippen MR) is 65.1 cm³/mol. The summed E-state index contributed by atoms with van der Waals surface area (Å²) in [6, 6.07) is 7.78. The Morgan fingerprint density at radius 3 is 2.94 bits per heavy atom. The maximum atomic E-state index is 11.9. The van der Waals surface area contributed by atoms with E-state index in [0.29, 0.717) is 0 Å². The maximum Gasteiger partial charge on any atom is 0.207 e. The number of aromatic amines is 1. The molecule has 18 heavy (non-hydrogen) atoms. The number of carbonyl (C=O) groups excluding carboxylic acids is 1. The second-order valence-electron chi connectivity index (χ2n) is 4.01. The molecule has 3 rings (SSSR count). The smallest absolute Gasteiger partial charge is 0.207 e. The van der Waals surface area contributed by atoms with Gasteiger partial charge >= 0.3 is 0 Å². The van der Waals surface area contributed by atoms with E-state index in [4.69, 9.17) is 0 Å². The lowest BCUT2D eigenvalue weighted by Gasteiger charge is -1.99. The summed E-state index contributed by atoms with van der Waals surface area (Å²) in [5.41, 5.74) is 1.90. The molecule has 0 amide bonds. The number of H-pyrrole nitrogens is 1. The number of para-hydroxylation sites is 2. The van der Waals surface area contributed by atoms with Gasteiger partial charge in [0.05, 0.1) is 17.5 Å². The molecule has 0 aliphatic heterocycles. The van der Waals surface area contributed by atoms with Crippen molar-refractivity contribution < 1.29 is 4.79 Å². The van der Waals surface area contributed by atoms with Crippen molar-refractivity contribution in [3.63, 3.8) is 0 Å². The minimum atomic E-state index is -0.120. The zero-order valence-electron chi connectivity index (χ0n) is 9.79. The molecule has 2 aromatic heterocycles. The summed E-state index contributed by atoms with van der Waals surface area (Å²) in [5.74, 6) is 0.866. The zero-order valence-corrected chi connectivity index (χ0v) is 9.79. The van der Waals surface area contributed by atoms with Gasteiger partial charge in [0, 0.05) is 7.05 Å². The standard InChI is InChI=1S/C12H11N5O/c1-17-9-5-3-2-4-8(9)15-11(17)6-10(18)12-13-7-14-16-12/h2-5,7H,6H2,1H3,(H,13,14,16). The van der Waals surface area contributed by atoms with E-state index in [1.54, 1.807) is 0 Å². The second kappa shape index (κ2) is 4.06. The van der Waals surface area contributed by atoms with E-state index in [1.165, 1.54) is 6.33 Å². The molecular weight excluding hydrogens is 230 g/mol. The van der Waals surface area contributed by atoms with Gasteiger partial charge in [-0.25, -0.2) is 9.97 Å². The molecule has 2 heterocycles. The van der Waals surface area contributed by atoms with Crippen molar-refractivity contribution in [1.29, 1.82) is 0 Å². The minimum Gasteiger partial charge on any atom is -0.331 e. The fourth-order valence-corrected chi connectivity index (χ4v) is 1.92. The first-order valence-corrected chi connectivity index (χ1v) is 5.54. The largest absolute Gasteiger partial charge is 0.331 e. The van der Waals surface area contributed by atoms with Crippen LogP contribution >= 0.6 is 0 Å². The quantitative estimate of drug-likeness (QED) is 0.697. The van der Waals surface area contributed by atoms with E-state index in [0.717, 1.165) is 16.9 Å². The lowest BCUT2D eigenvalue weighted by molar-refractivity contribution is 0.0980. The van der Waals surface area contributed by atoms with Crippen LogP contribution in [0.3, 0.4) is 0 Å². The summed E-state index contributed by atoms with van der Waals surface area (Å²) in [6.07, 6.45) is 1.53. The molecule has 90 valence electrons. The van der Waals surface area contributed by atoms with Gasteiger partial charge in [-0.05, 0) is 12.1 Å². The number of hydrogen-bond acceptors (Lipinski definition) is 4. The van der Waals surface area contributed by atoms with Crippen LogP contribution in [0.2, 0.25) is 0 Å². The molecule has 0 spiro atoms. The number of aromatic nitrogens is 5. The zero-order chi connectivity index (χ0) is 12.5. The Hall–Kier alpha value is -2.50. The van der Waals surface area contributed by atoms with Gasteiger partial charge in [0.2, 0.25) is 5.78 Å². The number of nitrogens with zero attached hydrogens (tertiary/aromatic N) is 4. The fraction of sp³-hybridized carbons (Fsp3) is 0.167. The Kier molecular flexibility index (Phi) is 2.40. The van der Waals surface area contributed by atoms with E-state index >= 15 is 0 Å². The first kappa shape index (κ1) is 10.6. The van der Waals surface area contributed by atoms with E-state index < -0.39 is 0 Å². The molecule has 0 unspecified atom stereocenters. The van der Waals surface area contributed by atoms with Crippen molar-refractivity contribution in [3.8, 4) is 0 Å². The Labute approximate surface area is 103 Å². The minimum absolute atomic E-state index is 0.120. The van der Waals surface area contributed by atoms with Gasteiger partial charge < -0.3 is 4.57 Å². The van der Waals surface area contributed by atoms with Crippen LogP contribution in [0.4, 0.5) is 0 Å². The molecule has 3 aromatic rings. The molecular formula is C12H11N5O. The molecule has 0 aliphatic rings. The number of rotatable bonds is 3. The van der Waals surface area contributed by atoms with Crippen LogP contribution in [0.25, 0.3) is 11.0 Å². The van der Waals surface area contributed by atoms with Crippen LogP contribution in [-0.4, -0.2) is 30.5 Å². The normalized spacial score (nSPS) is 10.9. The number of carbonyl (C=O) groups is 1. The van der Waals surface area contributed by atoms with Crippen molar-refractivity contribution >= 4 is 16.8 Å². The van der Waals surface area contributed by atoms with Gasteiger partial charge in [-0.1, -0.05) is 12.1 Å². The summed E-state index contributed by atoms with van der Waals surface area (Å²) in [4.78, 5) is 20.2. The monoisotopic (exact) mass is 241 g/mol. The SMILES string of the molecule is Cn1c(CC(=O)c2ncn[nH]2)nc2ccccc21. The number of benzene rings is 1. The van der Waals surface area contributed by atoms with E-state index in [9.17, 15) is 4.79 Å². The van der Waals surface area contributed by atoms with Crippen molar-refractivity contribution in [2.45, 2.75) is 6.42 Å². The van der Waals surface area contributed by atoms with Gasteiger partial charge in [-0.2, -0.15) is 5.10 Å². The van der Waals surface area contributed by atoms with Gasteiger partial charge in [0.1, 0.15) is 12.2 Å². The van der Waals surface area contributed by atoms with Crippen LogP contribution in [0.1, 0.15) is 16.4 Å². The van der Waals surface area contributed by atoms with Gasteiger partial charge in [-0.15, -0.1) is 0 Å². The Balaban J connectivity index is 1.96. The molecule has 1 N–H and O–H groups in total. The van der Waals surface area contributed by atoms with Crippen molar-refractivity contribution in [1.82, 2.24) is 24.7 Å². The molecule has 6 heteroatoms. The summed E-state index contributed by atoms with van der Waals surface area (Å²) < 4.78 is 1.92. The first-order valence-electron chi connectivity index (χ1n) is 5.54. The maximum absolute atomic E-state index is 11.9. The lowest BCUT2D eigenvalue weighted by Crippen LogP contribution is -2.10. The molecule has 0 atom stereocenters. The van der Waals surface area contributed by atoms with Gasteiger partial charge in [0.15, 0.2) is 5.82 Å². The van der Waals surface area contributed by atoms with E-state index in [2.05, 4.69) is 20.2 Å². The van der Waals surface area contributed by atoms with Gasteiger partial charge in [-0.3, -0.25) is 9.89 Å². The first-order chi connectivity index (χ1) is 8.75. The molecule has 0 bridgehead atoms. The van der Waals surface area contributed by atoms with E-state index in [1.807, 2.05) is 35.9 Å². The molecule has 6 nitrogen and oxygen atoms in total. The number of Topliss-reactive ketones (excluding diaryl/α,β-unsaturated/α-hetero) is 1. The number of aryl methyl sites for hydroxylation is 1. The number of ketones is 1. The third kappa shape index (κ3) is 1.67. The van der Waals surface area contributed by atoms with Crippen LogP contribution < -0.4 is 0 Å². The predicted octanol–water partition coefficient (Wildman–Crippen LogP) is 1.12. The summed E-state index contributed by atoms with van der Waals surface area (Å²) in [6.45, 7) is 0. The van der Waals surface area contributed by atoms with Crippen LogP contribution in [-0.2, 0) is 13.5 Å². The molecule has 0 saturated heterocycles. The highest BCUT2D eigenvalue weighted by molar-refractivity contribution is 5.94. The molecule has 0 radical (unpaired) electrons. The Morgan fingerprint density at radius 2 is 2.22 bits per heavy atom. The average Bonchev–Trinajstić information content (AvgIpc) is 3.00. The summed E-state index contributed by atoms with van der Waals surface area (Å²) >= 11 is 0. The topological polar surface area (TPSA) is 76.5 Å². The number of fused-ring (bicyclic) bond motifs is 1. The molecule has 0 saturated carbocycles. The fourth-order valence-electron chi connectivity index (χ4n) is 1.92. The van der Waals surface area contributed by atoms with Crippen LogP contribution in [0.5, 0.6) is 0 Å². The third-order valence-corrected chi connectivity index (χ3v) is 2.88. The molecule has 1 aromatic carbocycles. The Bertz CT molecular complexity index is 698. The number of nitrogens with one attached hydrogen (secondary N) is 1. The Morgan fingerprint density at radius 1 is 1.39 bits per heavy atom. The highest BCUT2D eigenvalue weighted by Crippen LogP contribution is 2.15. The highest BCUT2D eigenvalue weighted by atomic mass is 16.1. The second-order valence-corrected chi connectivity index (χ2v) is 4.01. The summed E-state index contributed by atoms with van der Waals surface area (Å²) in [5, 5.41) is 6.23. The molecule has 0 fully saturated rings. The van der Waals surface area contributed by atoms with Crippen LogP contribution in [0, 0.1) is 0 Å². The summed E-state index contributed by atoms with van der Waals surface area (Å²) in [7, 11) is 1.90. The highest BCUT2D eigenvalue weighted by Gasteiger charge is 2.14. The van der Waals surface area contributed by atoms with Crippen molar-refractivity contribution in [2.75, 3.05) is 0 Å². The number of hydrogen-bond donors (Lipinski definition) is 1. The number of imidazole rings is 1.